The molecular weight excluding hydrogens is 246 g/mol. The van der Waals surface area contributed by atoms with Crippen molar-refractivity contribution in [1.29, 1.82) is 0 Å². The largest absolute Gasteiger partial charge is 0.322 e. The Bertz CT molecular complexity index is 479. The first kappa shape index (κ1) is 12.9. The Morgan fingerprint density at radius 3 is 2.25 bits per heavy atom. The molecule has 110 valence electrons. The Morgan fingerprint density at radius 1 is 1.25 bits per heavy atom. The average Bonchev–Trinajstić information content (AvgIpc) is 2.73. The molecule has 0 aliphatic heterocycles. The lowest BCUT2D eigenvalue weighted by Gasteiger charge is -2.58. The Balaban J connectivity index is 1.59. The van der Waals surface area contributed by atoms with Gasteiger partial charge in [-0.25, -0.2) is 0 Å². The van der Waals surface area contributed by atoms with Crippen molar-refractivity contribution in [3.05, 3.63) is 18.0 Å². The SMILES string of the molecule is Cn1cc(C(C)(N)CC23CC4CC(CC(C4)C2)C3)cn1. The van der Waals surface area contributed by atoms with Crippen LogP contribution in [0.25, 0.3) is 0 Å². The summed E-state index contributed by atoms with van der Waals surface area (Å²) in [6, 6.07) is 0. The lowest BCUT2D eigenvalue weighted by Crippen LogP contribution is -2.50. The molecule has 1 heterocycles. The maximum atomic E-state index is 6.72. The number of nitrogens with two attached hydrogens (primary N) is 1. The third-order valence-electron chi connectivity index (χ3n) is 6.27. The molecule has 3 heteroatoms. The lowest BCUT2D eigenvalue weighted by molar-refractivity contribution is -0.0674. The zero-order valence-corrected chi connectivity index (χ0v) is 12.8. The predicted octanol–water partition coefficient (Wildman–Crippen LogP) is 3.20. The van der Waals surface area contributed by atoms with Gasteiger partial charge in [-0.15, -0.1) is 0 Å². The van der Waals surface area contributed by atoms with E-state index in [1.165, 1.54) is 44.1 Å². The Hall–Kier alpha value is -0.830. The van der Waals surface area contributed by atoms with Crippen LogP contribution in [0, 0.1) is 23.2 Å². The fraction of sp³-hybridized carbons (Fsp3) is 0.824. The van der Waals surface area contributed by atoms with Crippen LogP contribution in [-0.4, -0.2) is 9.78 Å². The first-order chi connectivity index (χ1) is 9.44. The van der Waals surface area contributed by atoms with E-state index in [-0.39, 0.29) is 5.54 Å². The van der Waals surface area contributed by atoms with Gasteiger partial charge in [0.2, 0.25) is 0 Å². The highest BCUT2D eigenvalue weighted by molar-refractivity contribution is 5.18. The van der Waals surface area contributed by atoms with Gasteiger partial charge >= 0.3 is 0 Å². The van der Waals surface area contributed by atoms with Crippen molar-refractivity contribution in [2.24, 2.45) is 36.0 Å². The maximum absolute atomic E-state index is 6.72. The molecule has 4 fully saturated rings. The van der Waals surface area contributed by atoms with E-state index in [1.54, 1.807) is 0 Å². The lowest BCUT2D eigenvalue weighted by atomic mass is 9.47. The molecule has 0 saturated heterocycles. The topological polar surface area (TPSA) is 43.8 Å². The third-order valence-corrected chi connectivity index (χ3v) is 6.27. The monoisotopic (exact) mass is 273 g/mol. The second-order valence-corrected chi connectivity index (χ2v) is 8.41. The average molecular weight is 273 g/mol. The summed E-state index contributed by atoms with van der Waals surface area (Å²) in [6.07, 6.45) is 14.0. The molecule has 0 amide bonds. The highest BCUT2D eigenvalue weighted by Gasteiger charge is 2.52. The molecule has 4 bridgehead atoms. The molecule has 2 N–H and O–H groups in total. The number of rotatable bonds is 3. The van der Waals surface area contributed by atoms with E-state index in [1.807, 2.05) is 17.9 Å². The normalized spacial score (nSPS) is 41.9. The van der Waals surface area contributed by atoms with Crippen molar-refractivity contribution >= 4 is 0 Å². The van der Waals surface area contributed by atoms with Gasteiger partial charge in [0.15, 0.2) is 0 Å². The minimum Gasteiger partial charge on any atom is -0.322 e. The molecule has 4 saturated carbocycles. The van der Waals surface area contributed by atoms with Gasteiger partial charge in [-0.1, -0.05) is 0 Å². The molecule has 0 aromatic carbocycles. The minimum absolute atomic E-state index is 0.222. The molecule has 1 unspecified atom stereocenters. The molecule has 4 aliphatic carbocycles. The van der Waals surface area contributed by atoms with Crippen LogP contribution in [0.2, 0.25) is 0 Å². The standard InChI is InChI=1S/C17H27N3/c1-16(18,15-9-19-20(2)10-15)11-17-6-12-3-13(7-17)5-14(4-12)8-17/h9-10,12-14H,3-8,11,18H2,1-2H3. The van der Waals surface area contributed by atoms with E-state index >= 15 is 0 Å². The quantitative estimate of drug-likeness (QED) is 0.919. The van der Waals surface area contributed by atoms with Crippen molar-refractivity contribution < 1.29 is 0 Å². The van der Waals surface area contributed by atoms with E-state index in [0.29, 0.717) is 5.41 Å². The third kappa shape index (κ3) is 2.02. The summed E-state index contributed by atoms with van der Waals surface area (Å²) in [5.74, 6) is 3.02. The zero-order chi connectivity index (χ0) is 14.0. The number of hydrogen-bond acceptors (Lipinski definition) is 2. The van der Waals surface area contributed by atoms with Crippen molar-refractivity contribution in [3.8, 4) is 0 Å². The first-order valence-electron chi connectivity index (χ1n) is 8.22. The molecule has 4 aliphatic rings. The summed E-state index contributed by atoms with van der Waals surface area (Å²) in [6.45, 7) is 2.21. The molecule has 0 radical (unpaired) electrons. The number of aryl methyl sites for hydroxylation is 1. The van der Waals surface area contributed by atoms with Crippen LogP contribution in [0.4, 0.5) is 0 Å². The number of hydrogen-bond donors (Lipinski definition) is 1. The van der Waals surface area contributed by atoms with E-state index in [0.717, 1.165) is 24.2 Å². The summed E-state index contributed by atoms with van der Waals surface area (Å²) >= 11 is 0. The highest BCUT2D eigenvalue weighted by Crippen LogP contribution is 2.62. The van der Waals surface area contributed by atoms with Crippen LogP contribution < -0.4 is 5.73 Å². The van der Waals surface area contributed by atoms with Gasteiger partial charge in [-0.3, -0.25) is 4.68 Å². The van der Waals surface area contributed by atoms with E-state index in [4.69, 9.17) is 5.73 Å². The van der Waals surface area contributed by atoms with Gasteiger partial charge < -0.3 is 5.73 Å². The zero-order valence-electron chi connectivity index (χ0n) is 12.8. The molecule has 1 aromatic heterocycles. The molecule has 3 nitrogen and oxygen atoms in total. The second-order valence-electron chi connectivity index (χ2n) is 8.41. The first-order valence-corrected chi connectivity index (χ1v) is 8.22. The molecule has 20 heavy (non-hydrogen) atoms. The van der Waals surface area contributed by atoms with Crippen LogP contribution in [0.5, 0.6) is 0 Å². The van der Waals surface area contributed by atoms with Crippen LogP contribution >= 0.6 is 0 Å². The van der Waals surface area contributed by atoms with Gasteiger partial charge in [0.05, 0.1) is 6.20 Å². The van der Waals surface area contributed by atoms with E-state index in [2.05, 4.69) is 18.2 Å². The predicted molar refractivity (Wildman–Crippen MR) is 80.0 cm³/mol. The van der Waals surface area contributed by atoms with Crippen LogP contribution in [0.15, 0.2) is 12.4 Å². The maximum Gasteiger partial charge on any atom is 0.0540 e. The summed E-state index contributed by atoms with van der Waals surface area (Å²) in [4.78, 5) is 0. The van der Waals surface area contributed by atoms with Gasteiger partial charge in [0, 0.05) is 24.3 Å². The van der Waals surface area contributed by atoms with E-state index < -0.39 is 0 Å². The molecule has 1 atom stereocenters. The van der Waals surface area contributed by atoms with Crippen molar-refractivity contribution in [1.82, 2.24) is 9.78 Å². The Morgan fingerprint density at radius 2 is 1.80 bits per heavy atom. The van der Waals surface area contributed by atoms with Crippen molar-refractivity contribution in [3.63, 3.8) is 0 Å². The highest BCUT2D eigenvalue weighted by atomic mass is 15.2. The van der Waals surface area contributed by atoms with Gasteiger partial charge in [-0.2, -0.15) is 5.10 Å². The van der Waals surface area contributed by atoms with Gasteiger partial charge in [0.1, 0.15) is 0 Å². The Kier molecular flexibility index (Phi) is 2.64. The fourth-order valence-corrected chi connectivity index (χ4v) is 6.10. The summed E-state index contributed by atoms with van der Waals surface area (Å²) in [7, 11) is 1.98. The fourth-order valence-electron chi connectivity index (χ4n) is 6.10. The Labute approximate surface area is 121 Å². The number of aromatic nitrogens is 2. The molecule has 0 spiro atoms. The minimum atomic E-state index is -0.222. The van der Waals surface area contributed by atoms with Crippen molar-refractivity contribution in [2.45, 2.75) is 57.4 Å². The molecule has 5 rings (SSSR count). The molecule has 1 aromatic rings. The van der Waals surface area contributed by atoms with Crippen LogP contribution in [0.3, 0.4) is 0 Å². The van der Waals surface area contributed by atoms with Gasteiger partial charge in [0.25, 0.3) is 0 Å². The van der Waals surface area contributed by atoms with Gasteiger partial charge in [-0.05, 0) is 75.0 Å². The smallest absolute Gasteiger partial charge is 0.0540 e. The summed E-state index contributed by atoms with van der Waals surface area (Å²) < 4.78 is 1.88. The van der Waals surface area contributed by atoms with Crippen LogP contribution in [-0.2, 0) is 12.6 Å². The summed E-state index contributed by atoms with van der Waals surface area (Å²) in [5.41, 5.74) is 8.24. The second kappa shape index (κ2) is 4.09. The summed E-state index contributed by atoms with van der Waals surface area (Å²) in [5, 5.41) is 4.31. The number of nitrogens with zero attached hydrogens (tertiary/aromatic N) is 2. The van der Waals surface area contributed by atoms with E-state index in [9.17, 15) is 0 Å². The van der Waals surface area contributed by atoms with Crippen molar-refractivity contribution in [2.75, 3.05) is 0 Å². The molecular formula is C17H27N3. The van der Waals surface area contributed by atoms with Crippen LogP contribution in [0.1, 0.15) is 57.4 Å².